The zero-order chi connectivity index (χ0) is 21.8. The summed E-state index contributed by atoms with van der Waals surface area (Å²) in [5.74, 6) is 0.236. The number of aryl methyl sites for hydroxylation is 2. The third kappa shape index (κ3) is 6.76. The van der Waals surface area contributed by atoms with Gasteiger partial charge in [0.25, 0.3) is 0 Å². The van der Waals surface area contributed by atoms with Crippen LogP contribution in [0.15, 0.2) is 18.2 Å². The molecule has 29 heavy (non-hydrogen) atoms. The van der Waals surface area contributed by atoms with Crippen molar-refractivity contribution in [3.05, 3.63) is 34.9 Å². The molecule has 0 unspecified atom stereocenters. The van der Waals surface area contributed by atoms with Crippen molar-refractivity contribution in [1.82, 2.24) is 5.32 Å². The lowest BCUT2D eigenvalue weighted by Crippen LogP contribution is -2.43. The molecule has 0 spiro atoms. The summed E-state index contributed by atoms with van der Waals surface area (Å²) >= 11 is 0. The van der Waals surface area contributed by atoms with Gasteiger partial charge in [-0.2, -0.15) is 0 Å². The number of carbonyl (C=O) groups is 2. The average Bonchev–Trinajstić information content (AvgIpc) is 3.09. The number of esters is 1. The van der Waals surface area contributed by atoms with Crippen molar-refractivity contribution in [2.45, 2.75) is 97.8 Å². The van der Waals surface area contributed by atoms with Gasteiger partial charge in [0.15, 0.2) is 0 Å². The quantitative estimate of drug-likeness (QED) is 0.644. The minimum Gasteiger partial charge on any atom is -0.460 e. The van der Waals surface area contributed by atoms with Crippen LogP contribution in [-0.4, -0.2) is 29.8 Å². The fourth-order valence-corrected chi connectivity index (χ4v) is 4.31. The van der Waals surface area contributed by atoms with E-state index in [0.29, 0.717) is 5.92 Å². The maximum atomic E-state index is 12.7. The molecule has 2 rings (SSSR count). The van der Waals surface area contributed by atoms with E-state index in [9.17, 15) is 9.59 Å². The van der Waals surface area contributed by atoms with E-state index in [0.717, 1.165) is 12.8 Å². The summed E-state index contributed by atoms with van der Waals surface area (Å²) in [5.41, 5.74) is 3.12. The topological polar surface area (TPSA) is 64.6 Å². The number of rotatable bonds is 6. The van der Waals surface area contributed by atoms with Crippen LogP contribution in [0, 0.1) is 19.8 Å². The van der Waals surface area contributed by atoms with Crippen LogP contribution in [0.25, 0.3) is 0 Å². The molecule has 1 fully saturated rings. The molecule has 5 heteroatoms. The first-order valence-electron chi connectivity index (χ1n) is 10.7. The van der Waals surface area contributed by atoms with Crippen LogP contribution in [0.2, 0.25) is 0 Å². The molecule has 162 valence electrons. The smallest absolute Gasteiger partial charge is 0.408 e. The summed E-state index contributed by atoms with van der Waals surface area (Å²) in [6, 6.07) is 5.74. The van der Waals surface area contributed by atoms with Crippen molar-refractivity contribution in [2.24, 2.45) is 5.92 Å². The first kappa shape index (κ1) is 23.2. The molecule has 0 aromatic heterocycles. The first-order valence-corrected chi connectivity index (χ1v) is 10.7. The molecule has 0 saturated heterocycles. The van der Waals surface area contributed by atoms with Crippen molar-refractivity contribution in [1.29, 1.82) is 0 Å². The van der Waals surface area contributed by atoms with E-state index in [4.69, 9.17) is 9.47 Å². The standard InChI is InChI=1S/C24H37NO4/c1-15-12-13-20(16(2)14-15)21(19-10-8-9-11-19)18(4)28-22(26)17(3)25-23(27)29-24(5,6)7/h12-14,17-19,21H,8-11H2,1-7H3,(H,25,27)/t17-,18-,21+/m0/s1. The number of ether oxygens (including phenoxy) is 2. The van der Waals surface area contributed by atoms with Crippen molar-refractivity contribution in [3.8, 4) is 0 Å². The normalized spacial score (nSPS) is 18.0. The number of nitrogens with one attached hydrogen (secondary N) is 1. The molecule has 1 aromatic carbocycles. The Bertz CT molecular complexity index is 716. The second-order valence-corrected chi connectivity index (χ2v) is 9.44. The molecule has 1 aromatic rings. The van der Waals surface area contributed by atoms with Crippen molar-refractivity contribution < 1.29 is 19.1 Å². The Morgan fingerprint density at radius 1 is 1.10 bits per heavy atom. The van der Waals surface area contributed by atoms with Crippen LogP contribution in [-0.2, 0) is 14.3 Å². The fourth-order valence-electron chi connectivity index (χ4n) is 4.31. The Kier molecular flexibility index (Phi) is 7.73. The van der Waals surface area contributed by atoms with Crippen LogP contribution in [0.4, 0.5) is 4.79 Å². The molecule has 5 nitrogen and oxygen atoms in total. The largest absolute Gasteiger partial charge is 0.460 e. The van der Waals surface area contributed by atoms with Crippen LogP contribution in [0.5, 0.6) is 0 Å². The number of carbonyl (C=O) groups excluding carboxylic acids is 2. The Morgan fingerprint density at radius 2 is 1.72 bits per heavy atom. The molecular weight excluding hydrogens is 366 g/mol. The summed E-state index contributed by atoms with van der Waals surface area (Å²) in [7, 11) is 0. The van der Waals surface area contributed by atoms with Crippen LogP contribution < -0.4 is 5.32 Å². The molecule has 1 N–H and O–H groups in total. The monoisotopic (exact) mass is 403 g/mol. The number of benzene rings is 1. The van der Waals surface area contributed by atoms with Gasteiger partial charge in [0, 0.05) is 5.92 Å². The van der Waals surface area contributed by atoms with Gasteiger partial charge in [0.05, 0.1) is 0 Å². The Balaban J connectivity index is 2.09. The highest BCUT2D eigenvalue weighted by Crippen LogP contribution is 2.41. The van der Waals surface area contributed by atoms with E-state index in [-0.39, 0.29) is 12.0 Å². The molecule has 1 amide bonds. The lowest BCUT2D eigenvalue weighted by molar-refractivity contribution is -0.152. The molecular formula is C24H37NO4. The van der Waals surface area contributed by atoms with Gasteiger partial charge in [-0.05, 0) is 78.4 Å². The second kappa shape index (κ2) is 9.64. The lowest BCUT2D eigenvalue weighted by Gasteiger charge is -2.31. The summed E-state index contributed by atoms with van der Waals surface area (Å²) in [4.78, 5) is 24.6. The van der Waals surface area contributed by atoms with Gasteiger partial charge in [-0.25, -0.2) is 9.59 Å². The summed E-state index contributed by atoms with van der Waals surface area (Å²) in [5, 5.41) is 2.57. The van der Waals surface area contributed by atoms with E-state index in [1.54, 1.807) is 27.7 Å². The van der Waals surface area contributed by atoms with Gasteiger partial charge in [-0.1, -0.05) is 36.6 Å². The Hall–Kier alpha value is -2.04. The van der Waals surface area contributed by atoms with Crippen molar-refractivity contribution >= 4 is 12.1 Å². The molecule has 1 aliphatic rings. The van der Waals surface area contributed by atoms with Crippen LogP contribution >= 0.6 is 0 Å². The molecule has 1 aliphatic carbocycles. The van der Waals surface area contributed by atoms with Crippen LogP contribution in [0.3, 0.4) is 0 Å². The Labute approximate surface area is 175 Å². The molecule has 3 atom stereocenters. The number of alkyl carbamates (subject to hydrolysis) is 1. The van der Waals surface area contributed by atoms with Gasteiger partial charge >= 0.3 is 12.1 Å². The zero-order valence-electron chi connectivity index (χ0n) is 19.0. The summed E-state index contributed by atoms with van der Waals surface area (Å²) in [6.07, 6.45) is 3.88. The molecule has 0 aliphatic heterocycles. The predicted molar refractivity (Wildman–Crippen MR) is 115 cm³/mol. The Morgan fingerprint density at radius 3 is 2.28 bits per heavy atom. The van der Waals surface area contributed by atoms with Gasteiger partial charge in [0.1, 0.15) is 17.7 Å². The minimum atomic E-state index is -0.768. The lowest BCUT2D eigenvalue weighted by atomic mass is 9.79. The van der Waals surface area contributed by atoms with E-state index in [1.807, 2.05) is 6.92 Å². The third-order valence-corrected chi connectivity index (χ3v) is 5.59. The van der Waals surface area contributed by atoms with Gasteiger partial charge in [-0.3, -0.25) is 0 Å². The molecule has 1 saturated carbocycles. The maximum Gasteiger partial charge on any atom is 0.408 e. The van der Waals surface area contributed by atoms with Gasteiger partial charge in [-0.15, -0.1) is 0 Å². The first-order chi connectivity index (χ1) is 13.5. The zero-order valence-corrected chi connectivity index (χ0v) is 19.0. The average molecular weight is 404 g/mol. The SMILES string of the molecule is Cc1ccc([C@@H](C2CCCC2)[C@H](C)OC(=O)[C@H](C)NC(=O)OC(C)(C)C)c(C)c1. The highest BCUT2D eigenvalue weighted by Gasteiger charge is 2.34. The van der Waals surface area contributed by atoms with Gasteiger partial charge < -0.3 is 14.8 Å². The van der Waals surface area contributed by atoms with E-state index < -0.39 is 23.7 Å². The molecule has 0 heterocycles. The number of hydrogen-bond acceptors (Lipinski definition) is 4. The van der Waals surface area contributed by atoms with Gasteiger partial charge in [0.2, 0.25) is 0 Å². The summed E-state index contributed by atoms with van der Waals surface area (Å²) in [6.45, 7) is 13.2. The number of amides is 1. The highest BCUT2D eigenvalue weighted by molar-refractivity contribution is 5.81. The second-order valence-electron chi connectivity index (χ2n) is 9.44. The fraction of sp³-hybridized carbons (Fsp3) is 0.667. The van der Waals surface area contributed by atoms with Crippen LogP contribution in [0.1, 0.15) is 82.9 Å². The van der Waals surface area contributed by atoms with E-state index >= 15 is 0 Å². The highest BCUT2D eigenvalue weighted by atomic mass is 16.6. The van der Waals surface area contributed by atoms with Crippen molar-refractivity contribution in [2.75, 3.05) is 0 Å². The van der Waals surface area contributed by atoms with E-state index in [1.165, 1.54) is 29.5 Å². The summed E-state index contributed by atoms with van der Waals surface area (Å²) < 4.78 is 11.1. The number of hydrogen-bond donors (Lipinski definition) is 1. The minimum absolute atomic E-state index is 0.163. The van der Waals surface area contributed by atoms with E-state index in [2.05, 4.69) is 37.4 Å². The molecule has 0 bridgehead atoms. The third-order valence-electron chi connectivity index (χ3n) is 5.59. The molecule has 0 radical (unpaired) electrons. The van der Waals surface area contributed by atoms with Crippen molar-refractivity contribution in [3.63, 3.8) is 0 Å². The predicted octanol–water partition coefficient (Wildman–Crippen LogP) is 5.42. The maximum absolute atomic E-state index is 12.7.